The zero-order valence-electron chi connectivity index (χ0n) is 16.1. The summed E-state index contributed by atoms with van der Waals surface area (Å²) in [7, 11) is 1.62. The van der Waals surface area contributed by atoms with E-state index in [4.69, 9.17) is 4.74 Å². The van der Waals surface area contributed by atoms with Gasteiger partial charge in [0.15, 0.2) is 0 Å². The van der Waals surface area contributed by atoms with Crippen LogP contribution in [0.5, 0.6) is 0 Å². The molecule has 0 aliphatic heterocycles. The molecule has 0 radical (unpaired) electrons. The Labute approximate surface area is 161 Å². The molecule has 2 amide bonds. The standard InChI is InChI=1S/C22H30N2O3/c1-27-8-7-23-21(26)19(24-20(25)18-5-3-2-4-6-18)22-12-15-9-16(13-22)11-17(10-15)14-22/h2-6,15-17,19H,7-14H2,1H3,(H,23,26)(H,24,25)/t15?,16?,17?,19-,22?/m1/s1. The number of carbonyl (C=O) groups is 2. The fraction of sp³-hybridized carbons (Fsp3) is 0.636. The summed E-state index contributed by atoms with van der Waals surface area (Å²) in [5.74, 6) is 1.95. The lowest BCUT2D eigenvalue weighted by Crippen LogP contribution is -2.62. The van der Waals surface area contributed by atoms with Crippen LogP contribution in [0, 0.1) is 23.2 Å². The van der Waals surface area contributed by atoms with Gasteiger partial charge in [-0.05, 0) is 68.4 Å². The van der Waals surface area contributed by atoms with Gasteiger partial charge in [-0.15, -0.1) is 0 Å². The summed E-state index contributed by atoms with van der Waals surface area (Å²) in [6.45, 7) is 0.950. The van der Waals surface area contributed by atoms with Crippen molar-refractivity contribution in [2.45, 2.75) is 44.6 Å². The molecule has 146 valence electrons. The molecule has 0 saturated heterocycles. The van der Waals surface area contributed by atoms with Crippen LogP contribution in [0.4, 0.5) is 0 Å². The van der Waals surface area contributed by atoms with Crippen molar-refractivity contribution in [2.24, 2.45) is 23.2 Å². The number of rotatable bonds is 7. The molecule has 1 aromatic carbocycles. The first kappa shape index (κ1) is 18.5. The van der Waals surface area contributed by atoms with Crippen LogP contribution in [0.25, 0.3) is 0 Å². The van der Waals surface area contributed by atoms with Gasteiger partial charge in [-0.25, -0.2) is 0 Å². The third-order valence-corrected chi connectivity index (χ3v) is 6.88. The van der Waals surface area contributed by atoms with E-state index in [9.17, 15) is 9.59 Å². The van der Waals surface area contributed by atoms with Gasteiger partial charge in [0.25, 0.3) is 5.91 Å². The molecule has 4 saturated carbocycles. The molecular weight excluding hydrogens is 340 g/mol. The molecule has 0 heterocycles. The Morgan fingerprint density at radius 1 is 1.07 bits per heavy atom. The van der Waals surface area contributed by atoms with Gasteiger partial charge in [0.05, 0.1) is 6.61 Å². The van der Waals surface area contributed by atoms with E-state index in [1.54, 1.807) is 19.2 Å². The van der Waals surface area contributed by atoms with Gasteiger partial charge < -0.3 is 15.4 Å². The minimum absolute atomic E-state index is 0.0571. The SMILES string of the molecule is COCCNC(=O)[C@@H](NC(=O)c1ccccc1)C12CC3CC(CC(C3)C1)C2. The Kier molecular flexibility index (Phi) is 5.22. The van der Waals surface area contributed by atoms with Gasteiger partial charge in [-0.2, -0.15) is 0 Å². The summed E-state index contributed by atoms with van der Waals surface area (Å²) in [5.41, 5.74) is 0.521. The second-order valence-electron chi connectivity index (χ2n) is 8.84. The topological polar surface area (TPSA) is 67.4 Å². The third-order valence-electron chi connectivity index (χ3n) is 6.88. The molecule has 4 aliphatic carbocycles. The van der Waals surface area contributed by atoms with Crippen LogP contribution in [-0.4, -0.2) is 38.1 Å². The number of hydrogen-bond donors (Lipinski definition) is 2. The second-order valence-corrected chi connectivity index (χ2v) is 8.84. The Bertz CT molecular complexity index is 653. The van der Waals surface area contributed by atoms with Crippen LogP contribution < -0.4 is 10.6 Å². The number of carbonyl (C=O) groups excluding carboxylic acids is 2. The molecule has 4 fully saturated rings. The van der Waals surface area contributed by atoms with Gasteiger partial charge in [0.2, 0.25) is 5.91 Å². The average molecular weight is 370 g/mol. The minimum atomic E-state index is -0.463. The van der Waals surface area contributed by atoms with Crippen molar-refractivity contribution in [1.82, 2.24) is 10.6 Å². The Morgan fingerprint density at radius 3 is 2.22 bits per heavy atom. The molecule has 0 spiro atoms. The van der Waals surface area contributed by atoms with Crippen molar-refractivity contribution in [3.63, 3.8) is 0 Å². The number of benzene rings is 1. The van der Waals surface area contributed by atoms with Gasteiger partial charge in [-0.1, -0.05) is 18.2 Å². The van der Waals surface area contributed by atoms with Gasteiger partial charge in [-0.3, -0.25) is 9.59 Å². The lowest BCUT2D eigenvalue weighted by atomic mass is 9.47. The predicted octanol–water partition coefficient (Wildman–Crippen LogP) is 2.76. The first-order chi connectivity index (χ1) is 13.1. The number of amides is 2. The smallest absolute Gasteiger partial charge is 0.251 e. The first-order valence-electron chi connectivity index (χ1n) is 10.2. The Hall–Kier alpha value is -1.88. The van der Waals surface area contributed by atoms with Crippen molar-refractivity contribution >= 4 is 11.8 Å². The molecule has 0 unspecified atom stereocenters. The van der Waals surface area contributed by atoms with Crippen molar-refractivity contribution in [3.05, 3.63) is 35.9 Å². The number of nitrogens with one attached hydrogen (secondary N) is 2. The molecule has 27 heavy (non-hydrogen) atoms. The van der Waals surface area contributed by atoms with E-state index in [2.05, 4.69) is 10.6 Å². The van der Waals surface area contributed by atoms with E-state index in [-0.39, 0.29) is 17.2 Å². The highest BCUT2D eigenvalue weighted by atomic mass is 16.5. The monoisotopic (exact) mass is 370 g/mol. The number of methoxy groups -OCH3 is 1. The summed E-state index contributed by atoms with van der Waals surface area (Å²) in [4.78, 5) is 26.0. The number of hydrogen-bond acceptors (Lipinski definition) is 3. The van der Waals surface area contributed by atoms with Crippen LogP contribution in [0.1, 0.15) is 48.9 Å². The summed E-state index contributed by atoms with van der Waals surface area (Å²) in [5, 5.41) is 6.11. The molecule has 4 aliphatic rings. The maximum atomic E-state index is 13.1. The molecule has 5 nitrogen and oxygen atoms in total. The zero-order valence-corrected chi connectivity index (χ0v) is 16.1. The highest BCUT2D eigenvalue weighted by Crippen LogP contribution is 2.61. The van der Waals surface area contributed by atoms with E-state index >= 15 is 0 Å². The van der Waals surface area contributed by atoms with Crippen LogP contribution in [0.2, 0.25) is 0 Å². The van der Waals surface area contributed by atoms with E-state index in [1.807, 2.05) is 18.2 Å². The van der Waals surface area contributed by atoms with Crippen LogP contribution >= 0.6 is 0 Å². The summed E-state index contributed by atoms with van der Waals surface area (Å²) < 4.78 is 5.07. The lowest BCUT2D eigenvalue weighted by molar-refractivity contribution is -0.134. The van der Waals surface area contributed by atoms with E-state index in [1.165, 1.54) is 19.3 Å². The third kappa shape index (κ3) is 3.75. The quantitative estimate of drug-likeness (QED) is 0.725. The summed E-state index contributed by atoms with van der Waals surface area (Å²) in [6.07, 6.45) is 7.13. The summed E-state index contributed by atoms with van der Waals surface area (Å²) in [6, 6.07) is 8.74. The van der Waals surface area contributed by atoms with Crippen molar-refractivity contribution < 1.29 is 14.3 Å². The van der Waals surface area contributed by atoms with Gasteiger partial charge in [0.1, 0.15) is 6.04 Å². The molecule has 5 rings (SSSR count). The molecular formula is C22H30N2O3. The lowest BCUT2D eigenvalue weighted by Gasteiger charge is -2.58. The normalized spacial score (nSPS) is 32.1. The highest BCUT2D eigenvalue weighted by molar-refractivity contribution is 5.97. The second kappa shape index (κ2) is 7.63. The van der Waals surface area contributed by atoms with E-state index in [0.29, 0.717) is 18.7 Å². The van der Waals surface area contributed by atoms with Crippen molar-refractivity contribution in [1.29, 1.82) is 0 Å². The minimum Gasteiger partial charge on any atom is -0.383 e. The molecule has 4 bridgehead atoms. The highest BCUT2D eigenvalue weighted by Gasteiger charge is 2.56. The molecule has 1 atom stereocenters. The van der Waals surface area contributed by atoms with E-state index < -0.39 is 6.04 Å². The zero-order chi connectivity index (χ0) is 18.9. The number of ether oxygens (including phenoxy) is 1. The van der Waals surface area contributed by atoms with Gasteiger partial charge in [0, 0.05) is 24.6 Å². The Balaban J connectivity index is 1.56. The summed E-state index contributed by atoms with van der Waals surface area (Å²) >= 11 is 0. The van der Waals surface area contributed by atoms with Crippen LogP contribution in [0.3, 0.4) is 0 Å². The maximum absolute atomic E-state index is 13.1. The molecule has 2 N–H and O–H groups in total. The van der Waals surface area contributed by atoms with Crippen molar-refractivity contribution in [3.8, 4) is 0 Å². The maximum Gasteiger partial charge on any atom is 0.251 e. The first-order valence-corrected chi connectivity index (χ1v) is 10.2. The fourth-order valence-corrected chi connectivity index (χ4v) is 6.21. The average Bonchev–Trinajstić information content (AvgIpc) is 2.65. The van der Waals surface area contributed by atoms with Crippen molar-refractivity contribution in [2.75, 3.05) is 20.3 Å². The predicted molar refractivity (Wildman–Crippen MR) is 103 cm³/mol. The molecule has 5 heteroatoms. The van der Waals surface area contributed by atoms with Crippen LogP contribution in [0.15, 0.2) is 30.3 Å². The van der Waals surface area contributed by atoms with E-state index in [0.717, 1.165) is 37.0 Å². The largest absolute Gasteiger partial charge is 0.383 e. The molecule has 1 aromatic rings. The Morgan fingerprint density at radius 2 is 1.67 bits per heavy atom. The van der Waals surface area contributed by atoms with Crippen LogP contribution in [-0.2, 0) is 9.53 Å². The molecule has 0 aromatic heterocycles. The van der Waals surface area contributed by atoms with Gasteiger partial charge >= 0.3 is 0 Å². The fourth-order valence-electron chi connectivity index (χ4n) is 6.21.